The van der Waals surface area contributed by atoms with Gasteiger partial charge in [0.05, 0.1) is 14.2 Å². The number of ether oxygens (including phenoxy) is 1. The number of likely N-dealkylation sites (N-methyl/N-ethyl adjacent to an activating group) is 1. The molecule has 0 saturated carbocycles. The summed E-state index contributed by atoms with van der Waals surface area (Å²) in [5.74, 6) is 0.498. The summed E-state index contributed by atoms with van der Waals surface area (Å²) in [5.41, 5.74) is 2.18. The van der Waals surface area contributed by atoms with E-state index in [4.69, 9.17) is 4.74 Å². The standard InChI is InChI=1S/C15H23N3O3/c1-10-6-7-13(21-5)12(8-10)9-18(4)11(2)14(19)17-15(20)16-3/h6-8,11H,9H2,1-5H3,(H2,16,17,19,20)/p+1/t11-/m1/s1. The topological polar surface area (TPSA) is 71.9 Å². The van der Waals surface area contributed by atoms with Crippen molar-refractivity contribution in [2.24, 2.45) is 0 Å². The first-order valence-corrected chi connectivity index (χ1v) is 6.87. The number of hydrogen-bond donors (Lipinski definition) is 3. The summed E-state index contributed by atoms with van der Waals surface area (Å²) in [6, 6.07) is 5.11. The first kappa shape index (κ1) is 17.0. The maximum absolute atomic E-state index is 11.9. The van der Waals surface area contributed by atoms with Crippen molar-refractivity contribution in [3.63, 3.8) is 0 Å². The van der Waals surface area contributed by atoms with Crippen LogP contribution in [-0.2, 0) is 11.3 Å². The molecular weight excluding hydrogens is 270 g/mol. The number of nitrogens with one attached hydrogen (secondary N) is 3. The third-order valence-electron chi connectivity index (χ3n) is 3.50. The second-order valence-corrected chi connectivity index (χ2v) is 5.13. The normalized spacial score (nSPS) is 13.2. The van der Waals surface area contributed by atoms with Crippen molar-refractivity contribution in [2.45, 2.75) is 26.4 Å². The Bertz CT molecular complexity index is 517. The second kappa shape index (κ2) is 7.64. The molecule has 0 bridgehead atoms. The molecule has 116 valence electrons. The Balaban J connectivity index is 2.76. The molecule has 2 atom stereocenters. The first-order valence-electron chi connectivity index (χ1n) is 6.87. The van der Waals surface area contributed by atoms with Gasteiger partial charge < -0.3 is 15.0 Å². The van der Waals surface area contributed by atoms with Gasteiger partial charge in [-0.15, -0.1) is 0 Å². The zero-order chi connectivity index (χ0) is 16.0. The Morgan fingerprint density at radius 1 is 1.38 bits per heavy atom. The lowest BCUT2D eigenvalue weighted by Gasteiger charge is -2.21. The van der Waals surface area contributed by atoms with Crippen LogP contribution >= 0.6 is 0 Å². The smallest absolute Gasteiger partial charge is 0.321 e. The molecule has 0 aliphatic heterocycles. The number of hydrogen-bond acceptors (Lipinski definition) is 3. The van der Waals surface area contributed by atoms with Crippen LogP contribution in [0.4, 0.5) is 4.79 Å². The zero-order valence-electron chi connectivity index (χ0n) is 13.2. The lowest BCUT2D eigenvalue weighted by molar-refractivity contribution is -0.908. The molecule has 3 amide bonds. The van der Waals surface area contributed by atoms with Gasteiger partial charge in [0.25, 0.3) is 5.91 Å². The van der Waals surface area contributed by atoms with Crippen molar-refractivity contribution in [1.82, 2.24) is 10.6 Å². The molecule has 0 heterocycles. The number of urea groups is 1. The third-order valence-corrected chi connectivity index (χ3v) is 3.50. The van der Waals surface area contributed by atoms with Gasteiger partial charge in [-0.3, -0.25) is 10.1 Å². The largest absolute Gasteiger partial charge is 0.496 e. The van der Waals surface area contributed by atoms with Crippen LogP contribution in [0.5, 0.6) is 5.75 Å². The van der Waals surface area contributed by atoms with Crippen molar-refractivity contribution in [3.8, 4) is 5.75 Å². The van der Waals surface area contributed by atoms with Gasteiger partial charge >= 0.3 is 6.03 Å². The first-order chi connectivity index (χ1) is 9.88. The van der Waals surface area contributed by atoms with Crippen LogP contribution in [0.25, 0.3) is 0 Å². The van der Waals surface area contributed by atoms with Crippen molar-refractivity contribution < 1.29 is 19.2 Å². The molecule has 0 aliphatic carbocycles. The highest BCUT2D eigenvalue weighted by molar-refractivity contribution is 5.96. The Hall–Kier alpha value is -2.08. The minimum atomic E-state index is -0.493. The highest BCUT2D eigenvalue weighted by Crippen LogP contribution is 2.18. The van der Waals surface area contributed by atoms with Gasteiger partial charge in [0.1, 0.15) is 12.3 Å². The predicted octanol–water partition coefficient (Wildman–Crippen LogP) is -0.138. The van der Waals surface area contributed by atoms with Crippen molar-refractivity contribution in [1.29, 1.82) is 0 Å². The van der Waals surface area contributed by atoms with E-state index in [-0.39, 0.29) is 11.9 Å². The number of benzene rings is 1. The van der Waals surface area contributed by atoms with E-state index in [0.717, 1.165) is 21.8 Å². The summed E-state index contributed by atoms with van der Waals surface area (Å²) >= 11 is 0. The molecule has 0 fully saturated rings. The number of carbonyl (C=O) groups is 2. The number of quaternary nitrogens is 1. The average molecular weight is 294 g/mol. The van der Waals surface area contributed by atoms with Crippen LogP contribution in [0.1, 0.15) is 18.1 Å². The van der Waals surface area contributed by atoms with Gasteiger partial charge in [0, 0.05) is 12.6 Å². The third kappa shape index (κ3) is 4.75. The summed E-state index contributed by atoms with van der Waals surface area (Å²) in [4.78, 5) is 24.1. The van der Waals surface area contributed by atoms with E-state index in [0.29, 0.717) is 6.54 Å². The highest BCUT2D eigenvalue weighted by Gasteiger charge is 2.24. The molecule has 0 radical (unpaired) electrons. The lowest BCUT2D eigenvalue weighted by atomic mass is 10.1. The van der Waals surface area contributed by atoms with Gasteiger partial charge in [-0.1, -0.05) is 11.6 Å². The number of methoxy groups -OCH3 is 1. The molecule has 0 saturated heterocycles. The van der Waals surface area contributed by atoms with Gasteiger partial charge in [-0.25, -0.2) is 4.79 Å². The minimum Gasteiger partial charge on any atom is -0.496 e. The number of aryl methyl sites for hydroxylation is 1. The van der Waals surface area contributed by atoms with E-state index in [1.54, 1.807) is 14.0 Å². The van der Waals surface area contributed by atoms with E-state index in [9.17, 15) is 9.59 Å². The summed E-state index contributed by atoms with van der Waals surface area (Å²) < 4.78 is 5.35. The number of carbonyl (C=O) groups excluding carboxylic acids is 2. The summed E-state index contributed by atoms with van der Waals surface area (Å²) in [5, 5.41) is 4.66. The molecule has 6 heteroatoms. The molecule has 0 aromatic heterocycles. The SMILES string of the molecule is CNC(=O)NC(=O)[C@@H](C)[NH+](C)Cc1cc(C)ccc1OC. The Morgan fingerprint density at radius 2 is 2.05 bits per heavy atom. The van der Waals surface area contributed by atoms with Crippen molar-refractivity contribution >= 4 is 11.9 Å². The van der Waals surface area contributed by atoms with Crippen LogP contribution < -0.4 is 20.3 Å². The molecule has 1 unspecified atom stereocenters. The fraction of sp³-hybridized carbons (Fsp3) is 0.467. The van der Waals surface area contributed by atoms with Gasteiger partial charge in [0.15, 0.2) is 6.04 Å². The summed E-state index contributed by atoms with van der Waals surface area (Å²) in [6.45, 7) is 4.43. The molecule has 0 aliphatic rings. The number of imide groups is 1. The zero-order valence-corrected chi connectivity index (χ0v) is 13.2. The van der Waals surface area contributed by atoms with Crippen LogP contribution in [0.3, 0.4) is 0 Å². The maximum Gasteiger partial charge on any atom is 0.321 e. The van der Waals surface area contributed by atoms with E-state index >= 15 is 0 Å². The molecule has 21 heavy (non-hydrogen) atoms. The molecule has 1 rings (SSSR count). The van der Waals surface area contributed by atoms with Crippen molar-refractivity contribution in [3.05, 3.63) is 29.3 Å². The highest BCUT2D eigenvalue weighted by atomic mass is 16.5. The summed E-state index contributed by atoms with van der Waals surface area (Å²) in [7, 11) is 5.02. The Kier molecular flexibility index (Phi) is 6.17. The summed E-state index contributed by atoms with van der Waals surface area (Å²) in [6.07, 6.45) is 0. The van der Waals surface area contributed by atoms with Gasteiger partial charge in [0.2, 0.25) is 0 Å². The maximum atomic E-state index is 11.9. The fourth-order valence-corrected chi connectivity index (χ4v) is 2.01. The Labute approximate surface area is 125 Å². The average Bonchev–Trinajstić information content (AvgIpc) is 2.46. The van der Waals surface area contributed by atoms with E-state index < -0.39 is 6.03 Å². The minimum absolute atomic E-state index is 0.307. The molecule has 0 spiro atoms. The van der Waals surface area contributed by atoms with E-state index in [1.165, 1.54) is 7.05 Å². The van der Waals surface area contributed by atoms with E-state index in [2.05, 4.69) is 10.6 Å². The second-order valence-electron chi connectivity index (χ2n) is 5.13. The van der Waals surface area contributed by atoms with Crippen molar-refractivity contribution in [2.75, 3.05) is 21.2 Å². The fourth-order valence-electron chi connectivity index (χ4n) is 2.01. The lowest BCUT2D eigenvalue weighted by Crippen LogP contribution is -3.12. The molecule has 6 nitrogen and oxygen atoms in total. The van der Waals surface area contributed by atoms with Crippen LogP contribution in [-0.4, -0.2) is 39.2 Å². The quantitative estimate of drug-likeness (QED) is 0.708. The molecule has 1 aromatic rings. The predicted molar refractivity (Wildman–Crippen MR) is 80.4 cm³/mol. The number of rotatable bonds is 5. The van der Waals surface area contributed by atoms with Gasteiger partial charge in [-0.05, 0) is 26.0 Å². The molecule has 1 aromatic carbocycles. The van der Waals surface area contributed by atoms with Crippen LogP contribution in [0.2, 0.25) is 0 Å². The molecular formula is C15H24N3O3+. The van der Waals surface area contributed by atoms with Gasteiger partial charge in [-0.2, -0.15) is 0 Å². The van der Waals surface area contributed by atoms with Crippen LogP contribution in [0, 0.1) is 6.92 Å². The monoisotopic (exact) mass is 294 g/mol. The van der Waals surface area contributed by atoms with E-state index in [1.807, 2.05) is 32.2 Å². The van der Waals surface area contributed by atoms with Crippen LogP contribution in [0.15, 0.2) is 18.2 Å². The number of amides is 3. The molecule has 3 N–H and O–H groups in total. The Morgan fingerprint density at radius 3 is 2.62 bits per heavy atom.